The van der Waals surface area contributed by atoms with Crippen LogP contribution in [0.3, 0.4) is 0 Å². The second-order valence-electron chi connectivity index (χ2n) is 3.00. The topological polar surface area (TPSA) is 35.2 Å². The van der Waals surface area contributed by atoms with Gasteiger partial charge in [0, 0.05) is 18.6 Å². The zero-order chi connectivity index (χ0) is 6.36. The minimum Gasteiger partial charge on any atom is -0.379 e. The molecule has 0 aromatic rings. The van der Waals surface area contributed by atoms with Gasteiger partial charge in [0.15, 0.2) is 0 Å². The smallest absolute Gasteiger partial charge is 0.0794 e. The molecule has 0 amide bonds. The summed E-state index contributed by atoms with van der Waals surface area (Å²) in [6.07, 6.45) is 0.294. The summed E-state index contributed by atoms with van der Waals surface area (Å²) in [4.78, 5) is 0. The lowest BCUT2D eigenvalue weighted by molar-refractivity contribution is 0.151. The summed E-state index contributed by atoms with van der Waals surface area (Å²) in [6, 6.07) is 0.257. The van der Waals surface area contributed by atoms with Crippen LogP contribution in [0, 0.1) is 5.41 Å². The van der Waals surface area contributed by atoms with Crippen LogP contribution >= 0.6 is 0 Å². The number of hydrogen-bond acceptors (Lipinski definition) is 2. The molecule has 48 valence electrons. The average Bonchev–Trinajstić information content (AvgIpc) is 2.09. The van der Waals surface area contributed by atoms with Gasteiger partial charge in [-0.2, -0.15) is 0 Å². The monoisotopic (exact) mass is 115 g/mol. The fraction of sp³-hybridized carbons (Fsp3) is 1.00. The predicted molar refractivity (Wildman–Crippen MR) is 32.6 cm³/mol. The Morgan fingerprint density at radius 2 is 1.88 bits per heavy atom. The van der Waals surface area contributed by atoms with Crippen molar-refractivity contribution in [1.29, 1.82) is 0 Å². The van der Waals surface area contributed by atoms with Gasteiger partial charge in [-0.3, -0.25) is 0 Å². The highest BCUT2D eigenvalue weighted by Gasteiger charge is 2.56. The van der Waals surface area contributed by atoms with Crippen LogP contribution in [0.2, 0.25) is 0 Å². The van der Waals surface area contributed by atoms with Crippen molar-refractivity contribution in [3.63, 3.8) is 0 Å². The van der Waals surface area contributed by atoms with Gasteiger partial charge >= 0.3 is 0 Å². The Balaban J connectivity index is 2.45. The van der Waals surface area contributed by atoms with E-state index in [2.05, 4.69) is 13.8 Å². The number of methoxy groups -OCH3 is 1. The Morgan fingerprint density at radius 1 is 1.50 bits per heavy atom. The molecule has 0 bridgehead atoms. The van der Waals surface area contributed by atoms with Crippen molar-refractivity contribution >= 4 is 0 Å². The van der Waals surface area contributed by atoms with E-state index < -0.39 is 0 Å². The predicted octanol–water partition coefficient (Wildman–Crippen LogP) is 0.368. The fourth-order valence-corrected chi connectivity index (χ4v) is 1.08. The van der Waals surface area contributed by atoms with Crippen LogP contribution < -0.4 is 5.73 Å². The first-order valence-corrected chi connectivity index (χ1v) is 2.89. The molecule has 8 heavy (non-hydrogen) atoms. The standard InChI is InChI=1S/C6H13NO/c1-6(2)4(7)5(6)8-3/h4-5H,7H2,1-3H3/t4-,5-/m1/s1. The van der Waals surface area contributed by atoms with Gasteiger partial charge in [-0.25, -0.2) is 0 Å². The molecular weight excluding hydrogens is 102 g/mol. The molecule has 0 unspecified atom stereocenters. The van der Waals surface area contributed by atoms with Crippen molar-refractivity contribution in [3.05, 3.63) is 0 Å². The van der Waals surface area contributed by atoms with E-state index in [0.29, 0.717) is 6.10 Å². The first kappa shape index (κ1) is 6.05. The average molecular weight is 115 g/mol. The molecule has 0 heterocycles. The van der Waals surface area contributed by atoms with E-state index in [-0.39, 0.29) is 11.5 Å². The molecule has 2 N–H and O–H groups in total. The molecule has 2 nitrogen and oxygen atoms in total. The summed E-state index contributed by atoms with van der Waals surface area (Å²) in [5.41, 5.74) is 5.86. The van der Waals surface area contributed by atoms with E-state index in [9.17, 15) is 0 Å². The molecule has 1 rings (SSSR count). The summed E-state index contributed by atoms with van der Waals surface area (Å²) in [5.74, 6) is 0. The number of nitrogens with two attached hydrogens (primary N) is 1. The van der Waals surface area contributed by atoms with Gasteiger partial charge in [0.1, 0.15) is 0 Å². The fourth-order valence-electron chi connectivity index (χ4n) is 1.08. The van der Waals surface area contributed by atoms with Crippen LogP contribution in [0.5, 0.6) is 0 Å². The van der Waals surface area contributed by atoms with Crippen molar-refractivity contribution in [2.75, 3.05) is 7.11 Å². The maximum absolute atomic E-state index is 5.63. The lowest BCUT2D eigenvalue weighted by Gasteiger charge is -1.96. The summed E-state index contributed by atoms with van der Waals surface area (Å²) in [6.45, 7) is 4.23. The Hall–Kier alpha value is -0.0800. The molecule has 0 spiro atoms. The van der Waals surface area contributed by atoms with Crippen LogP contribution in [0.25, 0.3) is 0 Å². The van der Waals surface area contributed by atoms with Gasteiger partial charge in [0.05, 0.1) is 6.10 Å². The molecule has 2 atom stereocenters. The maximum Gasteiger partial charge on any atom is 0.0794 e. The molecule has 1 saturated carbocycles. The van der Waals surface area contributed by atoms with Crippen LogP contribution in [-0.2, 0) is 4.74 Å². The third-order valence-electron chi connectivity index (χ3n) is 2.06. The second-order valence-corrected chi connectivity index (χ2v) is 3.00. The van der Waals surface area contributed by atoms with Gasteiger partial charge in [0.25, 0.3) is 0 Å². The third-order valence-corrected chi connectivity index (χ3v) is 2.06. The van der Waals surface area contributed by atoms with Gasteiger partial charge in [-0.15, -0.1) is 0 Å². The highest BCUT2D eigenvalue weighted by Crippen LogP contribution is 2.45. The summed E-state index contributed by atoms with van der Waals surface area (Å²) < 4.78 is 5.06. The quantitative estimate of drug-likeness (QED) is 0.536. The molecule has 2 heteroatoms. The summed E-state index contributed by atoms with van der Waals surface area (Å²) in [5, 5.41) is 0. The van der Waals surface area contributed by atoms with E-state index >= 15 is 0 Å². The number of hydrogen-bond donors (Lipinski definition) is 1. The normalized spacial score (nSPS) is 42.0. The lowest BCUT2D eigenvalue weighted by Crippen LogP contribution is -2.07. The van der Waals surface area contributed by atoms with E-state index in [1.807, 2.05) is 0 Å². The highest BCUT2D eigenvalue weighted by atomic mass is 16.5. The van der Waals surface area contributed by atoms with Gasteiger partial charge in [-0.05, 0) is 0 Å². The molecule has 0 saturated heterocycles. The molecule has 0 aliphatic heterocycles. The van der Waals surface area contributed by atoms with E-state index in [0.717, 1.165) is 0 Å². The molecule has 0 aromatic carbocycles. The summed E-state index contributed by atoms with van der Waals surface area (Å²) >= 11 is 0. The number of rotatable bonds is 1. The minimum atomic E-state index is 0.231. The maximum atomic E-state index is 5.63. The van der Waals surface area contributed by atoms with Crippen molar-refractivity contribution in [2.24, 2.45) is 11.1 Å². The SMILES string of the molecule is CO[C@@H]1[C@@H](N)C1(C)C. The van der Waals surface area contributed by atoms with Gasteiger partial charge < -0.3 is 10.5 Å². The molecule has 1 fully saturated rings. The Labute approximate surface area is 50.0 Å². The number of ether oxygens (including phenoxy) is 1. The zero-order valence-electron chi connectivity index (χ0n) is 5.64. The molecule has 1 aliphatic carbocycles. The Bertz CT molecular complexity index is 101. The van der Waals surface area contributed by atoms with Gasteiger partial charge in [0.2, 0.25) is 0 Å². The molecular formula is C6H13NO. The first-order chi connectivity index (χ1) is 3.60. The van der Waals surface area contributed by atoms with Crippen molar-refractivity contribution < 1.29 is 4.74 Å². The van der Waals surface area contributed by atoms with Crippen LogP contribution in [0.1, 0.15) is 13.8 Å². The summed E-state index contributed by atoms with van der Waals surface area (Å²) in [7, 11) is 1.71. The third kappa shape index (κ3) is 0.565. The largest absolute Gasteiger partial charge is 0.379 e. The van der Waals surface area contributed by atoms with Crippen LogP contribution in [0.4, 0.5) is 0 Å². The second kappa shape index (κ2) is 1.45. The lowest BCUT2D eigenvalue weighted by atomic mass is 10.2. The molecule has 0 radical (unpaired) electrons. The molecule has 0 aromatic heterocycles. The highest BCUT2D eigenvalue weighted by molar-refractivity contribution is 5.10. The first-order valence-electron chi connectivity index (χ1n) is 2.89. The molecule has 1 aliphatic rings. The zero-order valence-corrected chi connectivity index (χ0v) is 5.64. The van der Waals surface area contributed by atoms with Crippen molar-refractivity contribution in [3.8, 4) is 0 Å². The van der Waals surface area contributed by atoms with Crippen LogP contribution in [0.15, 0.2) is 0 Å². The van der Waals surface area contributed by atoms with E-state index in [4.69, 9.17) is 10.5 Å². The van der Waals surface area contributed by atoms with E-state index in [1.165, 1.54) is 0 Å². The van der Waals surface area contributed by atoms with Gasteiger partial charge in [-0.1, -0.05) is 13.8 Å². The van der Waals surface area contributed by atoms with Crippen molar-refractivity contribution in [1.82, 2.24) is 0 Å². The minimum absolute atomic E-state index is 0.231. The van der Waals surface area contributed by atoms with Crippen molar-refractivity contribution in [2.45, 2.75) is 26.0 Å². The van der Waals surface area contributed by atoms with Crippen LogP contribution in [-0.4, -0.2) is 19.3 Å². The van der Waals surface area contributed by atoms with E-state index in [1.54, 1.807) is 7.11 Å². The Morgan fingerprint density at radius 3 is 1.88 bits per heavy atom. The Kier molecular flexibility index (Phi) is 1.10.